The quantitative estimate of drug-likeness (QED) is 0.763. The molecule has 0 amide bonds. The van der Waals surface area contributed by atoms with Crippen molar-refractivity contribution in [1.82, 2.24) is 0 Å². The van der Waals surface area contributed by atoms with Crippen molar-refractivity contribution in [3.05, 3.63) is 34.3 Å². The topological polar surface area (TPSA) is 52.3 Å². The third kappa shape index (κ3) is 2.25. The second-order valence-corrected chi connectivity index (χ2v) is 3.44. The molecule has 0 aliphatic carbocycles. The molecule has 0 saturated carbocycles. The molecule has 0 heterocycles. The predicted molar refractivity (Wildman–Crippen MR) is 55.1 cm³/mol. The van der Waals surface area contributed by atoms with Gasteiger partial charge in [0.2, 0.25) is 0 Å². The molecule has 1 atom stereocenters. The average Bonchev–Trinajstić information content (AvgIpc) is 2.15. The van der Waals surface area contributed by atoms with E-state index < -0.39 is 12.0 Å². The fourth-order valence-electron chi connectivity index (χ4n) is 1.24. The summed E-state index contributed by atoms with van der Waals surface area (Å²) in [6, 6.07) is 4.46. The number of rotatable bonds is 2. The van der Waals surface area contributed by atoms with E-state index in [9.17, 15) is 4.79 Å². The minimum atomic E-state index is -0.739. The van der Waals surface area contributed by atoms with Crippen molar-refractivity contribution >= 4 is 17.6 Å². The highest BCUT2D eigenvalue weighted by Crippen LogP contribution is 2.20. The molecule has 0 aliphatic heterocycles. The van der Waals surface area contributed by atoms with Crippen LogP contribution in [0.1, 0.15) is 17.2 Å². The van der Waals surface area contributed by atoms with Gasteiger partial charge in [-0.15, -0.1) is 0 Å². The molecule has 2 N–H and O–H groups in total. The molecular weight excluding hydrogens is 202 g/mol. The maximum atomic E-state index is 11.2. The monoisotopic (exact) mass is 213 g/mol. The van der Waals surface area contributed by atoms with Gasteiger partial charge in [-0.3, -0.25) is 4.79 Å². The number of aryl methyl sites for hydroxylation is 1. The van der Waals surface area contributed by atoms with E-state index in [1.165, 1.54) is 7.11 Å². The van der Waals surface area contributed by atoms with Crippen molar-refractivity contribution in [3.8, 4) is 0 Å². The predicted octanol–water partition coefficient (Wildman–Crippen LogP) is 1.82. The summed E-state index contributed by atoms with van der Waals surface area (Å²) in [7, 11) is 1.31. The summed E-state index contributed by atoms with van der Waals surface area (Å²) in [5.74, 6) is -0.449. The second-order valence-electron chi connectivity index (χ2n) is 3.00. The average molecular weight is 214 g/mol. The Kier molecular flexibility index (Phi) is 3.49. The number of ether oxygens (including phenoxy) is 1. The maximum Gasteiger partial charge on any atom is 0.327 e. The van der Waals surface area contributed by atoms with Gasteiger partial charge < -0.3 is 10.5 Å². The molecule has 0 spiro atoms. The molecular formula is C10H12ClNO2. The lowest BCUT2D eigenvalue weighted by atomic mass is 10.0. The number of hydrogen-bond donors (Lipinski definition) is 1. The number of methoxy groups -OCH3 is 1. The smallest absolute Gasteiger partial charge is 0.327 e. The summed E-state index contributed by atoms with van der Waals surface area (Å²) < 4.78 is 4.55. The van der Waals surface area contributed by atoms with Crippen LogP contribution in [0.4, 0.5) is 0 Å². The lowest BCUT2D eigenvalue weighted by molar-refractivity contribution is -0.142. The molecule has 1 aromatic carbocycles. The molecule has 0 radical (unpaired) electrons. The van der Waals surface area contributed by atoms with Gasteiger partial charge in [-0.05, 0) is 30.2 Å². The Balaban J connectivity index is 3.01. The Morgan fingerprint density at radius 1 is 1.57 bits per heavy atom. The molecule has 14 heavy (non-hydrogen) atoms. The van der Waals surface area contributed by atoms with Crippen molar-refractivity contribution in [2.24, 2.45) is 5.73 Å². The molecule has 0 aromatic heterocycles. The third-order valence-electron chi connectivity index (χ3n) is 2.02. The van der Waals surface area contributed by atoms with Crippen LogP contribution in [0, 0.1) is 6.92 Å². The molecule has 0 aliphatic rings. The Labute approximate surface area is 87.8 Å². The van der Waals surface area contributed by atoms with Gasteiger partial charge in [-0.1, -0.05) is 17.7 Å². The van der Waals surface area contributed by atoms with Gasteiger partial charge in [0.1, 0.15) is 6.04 Å². The molecule has 1 aromatic rings. The molecule has 0 bridgehead atoms. The first-order valence-electron chi connectivity index (χ1n) is 4.15. The van der Waals surface area contributed by atoms with Gasteiger partial charge in [0.15, 0.2) is 0 Å². The number of carbonyl (C=O) groups excluding carboxylic acids is 1. The fourth-order valence-corrected chi connectivity index (χ4v) is 1.47. The molecule has 0 unspecified atom stereocenters. The minimum absolute atomic E-state index is 0.449. The van der Waals surface area contributed by atoms with Crippen LogP contribution < -0.4 is 5.73 Å². The molecule has 1 rings (SSSR count). The lowest BCUT2D eigenvalue weighted by Crippen LogP contribution is -2.23. The highest BCUT2D eigenvalue weighted by molar-refractivity contribution is 6.30. The van der Waals surface area contributed by atoms with Crippen LogP contribution in [0.5, 0.6) is 0 Å². The van der Waals surface area contributed by atoms with Crippen LogP contribution in [-0.4, -0.2) is 13.1 Å². The van der Waals surface area contributed by atoms with E-state index in [1.807, 2.05) is 6.92 Å². The van der Waals surface area contributed by atoms with Crippen LogP contribution in [0.15, 0.2) is 18.2 Å². The Morgan fingerprint density at radius 2 is 2.21 bits per heavy atom. The first kappa shape index (κ1) is 11.0. The van der Waals surface area contributed by atoms with Crippen molar-refractivity contribution in [3.63, 3.8) is 0 Å². The van der Waals surface area contributed by atoms with Gasteiger partial charge in [0.05, 0.1) is 7.11 Å². The summed E-state index contributed by atoms with van der Waals surface area (Å²) in [5.41, 5.74) is 7.30. The van der Waals surface area contributed by atoms with Gasteiger partial charge in [0, 0.05) is 5.02 Å². The highest BCUT2D eigenvalue weighted by atomic mass is 35.5. The van der Waals surface area contributed by atoms with Gasteiger partial charge >= 0.3 is 5.97 Å². The normalized spacial score (nSPS) is 12.3. The number of esters is 1. The number of nitrogens with two attached hydrogens (primary N) is 1. The van der Waals surface area contributed by atoms with E-state index in [2.05, 4.69) is 4.74 Å². The molecule has 0 saturated heterocycles. The summed E-state index contributed by atoms with van der Waals surface area (Å²) in [6.45, 7) is 1.85. The number of hydrogen-bond acceptors (Lipinski definition) is 3. The summed E-state index contributed by atoms with van der Waals surface area (Å²) in [4.78, 5) is 11.2. The van der Waals surface area contributed by atoms with E-state index in [0.29, 0.717) is 5.02 Å². The van der Waals surface area contributed by atoms with Crippen LogP contribution in [-0.2, 0) is 9.53 Å². The Bertz CT molecular complexity index is 352. The molecule has 0 fully saturated rings. The van der Waals surface area contributed by atoms with Gasteiger partial charge in [-0.25, -0.2) is 0 Å². The van der Waals surface area contributed by atoms with E-state index >= 15 is 0 Å². The molecule has 4 heteroatoms. The van der Waals surface area contributed by atoms with E-state index in [4.69, 9.17) is 17.3 Å². The van der Waals surface area contributed by atoms with Crippen LogP contribution in [0.25, 0.3) is 0 Å². The zero-order valence-electron chi connectivity index (χ0n) is 8.08. The summed E-state index contributed by atoms with van der Waals surface area (Å²) in [6.07, 6.45) is 0. The Morgan fingerprint density at radius 3 is 2.71 bits per heavy atom. The largest absolute Gasteiger partial charge is 0.468 e. The summed E-state index contributed by atoms with van der Waals surface area (Å²) >= 11 is 5.78. The van der Waals surface area contributed by atoms with Crippen molar-refractivity contribution in [2.45, 2.75) is 13.0 Å². The first-order valence-corrected chi connectivity index (χ1v) is 4.53. The van der Waals surface area contributed by atoms with Crippen LogP contribution in [0.3, 0.4) is 0 Å². The van der Waals surface area contributed by atoms with E-state index in [0.717, 1.165) is 11.1 Å². The second kappa shape index (κ2) is 4.44. The molecule has 76 valence electrons. The number of carbonyl (C=O) groups is 1. The number of benzene rings is 1. The molecule has 3 nitrogen and oxygen atoms in total. The lowest BCUT2D eigenvalue weighted by Gasteiger charge is -2.12. The van der Waals surface area contributed by atoms with Crippen LogP contribution >= 0.6 is 11.6 Å². The van der Waals surface area contributed by atoms with Gasteiger partial charge in [0.25, 0.3) is 0 Å². The van der Waals surface area contributed by atoms with E-state index in [-0.39, 0.29) is 0 Å². The van der Waals surface area contributed by atoms with Crippen molar-refractivity contribution in [2.75, 3.05) is 7.11 Å². The summed E-state index contributed by atoms with van der Waals surface area (Å²) in [5, 5.41) is 0.628. The van der Waals surface area contributed by atoms with Crippen LogP contribution in [0.2, 0.25) is 5.02 Å². The highest BCUT2D eigenvalue weighted by Gasteiger charge is 2.17. The zero-order valence-corrected chi connectivity index (χ0v) is 8.84. The van der Waals surface area contributed by atoms with Gasteiger partial charge in [-0.2, -0.15) is 0 Å². The maximum absolute atomic E-state index is 11.2. The SMILES string of the molecule is COC(=O)[C@@H](N)c1ccc(Cl)cc1C. The minimum Gasteiger partial charge on any atom is -0.468 e. The standard InChI is InChI=1S/C10H12ClNO2/c1-6-5-7(11)3-4-8(6)9(12)10(13)14-2/h3-5,9H,12H2,1-2H3/t9-/m0/s1. The van der Waals surface area contributed by atoms with E-state index in [1.54, 1.807) is 18.2 Å². The first-order chi connectivity index (χ1) is 6.56. The fraction of sp³-hybridized carbons (Fsp3) is 0.300. The number of halogens is 1. The Hall–Kier alpha value is -1.06. The van der Waals surface area contributed by atoms with Crippen molar-refractivity contribution in [1.29, 1.82) is 0 Å². The zero-order chi connectivity index (χ0) is 10.7. The third-order valence-corrected chi connectivity index (χ3v) is 2.26. The van der Waals surface area contributed by atoms with Crippen molar-refractivity contribution < 1.29 is 9.53 Å².